The minimum atomic E-state index is -2.88. The van der Waals surface area contributed by atoms with Gasteiger partial charge in [0.05, 0.1) is 22.7 Å². The summed E-state index contributed by atoms with van der Waals surface area (Å²) < 4.78 is 25.0. The highest BCUT2D eigenvalue weighted by molar-refractivity contribution is 7.91. The number of nitrogens with two attached hydrogens (primary N) is 1. The molecule has 0 amide bonds. The molecular weight excluding hydrogens is 264 g/mol. The van der Waals surface area contributed by atoms with Crippen LogP contribution in [0, 0.1) is 5.92 Å². The van der Waals surface area contributed by atoms with E-state index >= 15 is 0 Å². The summed E-state index contributed by atoms with van der Waals surface area (Å²) in [5, 5.41) is 8.15. The van der Waals surface area contributed by atoms with Crippen molar-refractivity contribution in [3.63, 3.8) is 0 Å². The van der Waals surface area contributed by atoms with Crippen LogP contribution in [0.2, 0.25) is 0 Å². The standard InChI is InChI=1S/C12H16N4O2S/c13-10-4-1-5-11-12(10)14-15-16(11)7-9-3-2-6-19(17,18)8-9/h1,4-5,9H,2-3,6-8,13H2. The molecule has 0 bridgehead atoms. The fourth-order valence-electron chi connectivity index (χ4n) is 2.65. The minimum absolute atomic E-state index is 0.116. The maximum atomic E-state index is 11.6. The van der Waals surface area contributed by atoms with Crippen LogP contribution in [0.4, 0.5) is 5.69 Å². The largest absolute Gasteiger partial charge is 0.397 e. The number of anilines is 1. The first-order valence-corrected chi connectivity index (χ1v) is 8.15. The molecule has 0 aliphatic carbocycles. The zero-order valence-electron chi connectivity index (χ0n) is 10.5. The van der Waals surface area contributed by atoms with Crippen LogP contribution in [0.5, 0.6) is 0 Å². The monoisotopic (exact) mass is 280 g/mol. The third kappa shape index (κ3) is 2.42. The van der Waals surface area contributed by atoms with E-state index in [1.807, 2.05) is 12.1 Å². The van der Waals surface area contributed by atoms with Crippen LogP contribution in [0.3, 0.4) is 0 Å². The van der Waals surface area contributed by atoms with E-state index in [2.05, 4.69) is 10.3 Å². The van der Waals surface area contributed by atoms with Crippen molar-refractivity contribution < 1.29 is 8.42 Å². The lowest BCUT2D eigenvalue weighted by molar-refractivity contribution is 0.407. The molecule has 1 aromatic heterocycles. The van der Waals surface area contributed by atoms with Crippen LogP contribution in [0.15, 0.2) is 18.2 Å². The molecule has 6 nitrogen and oxygen atoms in total. The minimum Gasteiger partial charge on any atom is -0.397 e. The molecule has 3 rings (SSSR count). The van der Waals surface area contributed by atoms with E-state index in [1.54, 1.807) is 10.7 Å². The highest BCUT2D eigenvalue weighted by Gasteiger charge is 2.25. The zero-order chi connectivity index (χ0) is 13.5. The summed E-state index contributed by atoms with van der Waals surface area (Å²) in [5.41, 5.74) is 7.98. The molecule has 2 aromatic rings. The third-order valence-electron chi connectivity index (χ3n) is 3.57. The zero-order valence-corrected chi connectivity index (χ0v) is 11.3. The average molecular weight is 280 g/mol. The highest BCUT2D eigenvalue weighted by atomic mass is 32.2. The summed E-state index contributed by atoms with van der Waals surface area (Å²) in [7, 11) is -2.88. The Labute approximate surface area is 111 Å². The Morgan fingerprint density at radius 1 is 1.42 bits per heavy atom. The quantitative estimate of drug-likeness (QED) is 0.823. The van der Waals surface area contributed by atoms with Gasteiger partial charge in [-0.2, -0.15) is 0 Å². The number of aromatic nitrogens is 3. The predicted molar refractivity (Wildman–Crippen MR) is 73.3 cm³/mol. The van der Waals surface area contributed by atoms with Gasteiger partial charge in [-0.1, -0.05) is 11.3 Å². The fourth-order valence-corrected chi connectivity index (χ4v) is 4.42. The van der Waals surface area contributed by atoms with Crippen LogP contribution in [0.1, 0.15) is 12.8 Å². The molecular formula is C12H16N4O2S. The van der Waals surface area contributed by atoms with Crippen LogP contribution < -0.4 is 5.73 Å². The molecule has 0 spiro atoms. The molecule has 102 valence electrons. The number of nitrogens with zero attached hydrogens (tertiary/aromatic N) is 3. The van der Waals surface area contributed by atoms with E-state index in [0.29, 0.717) is 23.5 Å². The number of sulfone groups is 1. The Balaban J connectivity index is 1.88. The van der Waals surface area contributed by atoms with Gasteiger partial charge < -0.3 is 5.73 Å². The van der Waals surface area contributed by atoms with Crippen molar-refractivity contribution in [1.82, 2.24) is 15.0 Å². The number of benzene rings is 1. The van der Waals surface area contributed by atoms with E-state index in [-0.39, 0.29) is 11.7 Å². The van der Waals surface area contributed by atoms with E-state index in [1.165, 1.54) is 0 Å². The van der Waals surface area contributed by atoms with Crippen molar-refractivity contribution in [2.75, 3.05) is 17.2 Å². The second-order valence-electron chi connectivity index (χ2n) is 5.11. The number of hydrogen-bond donors (Lipinski definition) is 1. The number of hydrogen-bond acceptors (Lipinski definition) is 5. The first-order chi connectivity index (χ1) is 9.05. The molecule has 1 unspecified atom stereocenters. The van der Waals surface area contributed by atoms with E-state index in [4.69, 9.17) is 5.73 Å². The SMILES string of the molecule is Nc1cccc2c1nnn2CC1CCCS(=O)(=O)C1. The third-order valence-corrected chi connectivity index (χ3v) is 5.46. The van der Waals surface area contributed by atoms with Crippen molar-refractivity contribution >= 4 is 26.6 Å². The highest BCUT2D eigenvalue weighted by Crippen LogP contribution is 2.23. The lowest BCUT2D eigenvalue weighted by Gasteiger charge is -2.21. The maximum Gasteiger partial charge on any atom is 0.150 e. The van der Waals surface area contributed by atoms with Gasteiger partial charge in [0.25, 0.3) is 0 Å². The fraction of sp³-hybridized carbons (Fsp3) is 0.500. The molecule has 1 aliphatic heterocycles. The van der Waals surface area contributed by atoms with Gasteiger partial charge in [-0.25, -0.2) is 13.1 Å². The molecule has 2 N–H and O–H groups in total. The lowest BCUT2D eigenvalue weighted by atomic mass is 10.1. The second-order valence-corrected chi connectivity index (χ2v) is 7.34. The molecule has 1 atom stereocenters. The lowest BCUT2D eigenvalue weighted by Crippen LogP contribution is -2.28. The smallest absolute Gasteiger partial charge is 0.150 e. The van der Waals surface area contributed by atoms with Crippen molar-refractivity contribution in [1.29, 1.82) is 0 Å². The first kappa shape index (κ1) is 12.4. The first-order valence-electron chi connectivity index (χ1n) is 6.33. The molecule has 1 aliphatic rings. The van der Waals surface area contributed by atoms with Gasteiger partial charge in [0.15, 0.2) is 9.84 Å². The van der Waals surface area contributed by atoms with Crippen molar-refractivity contribution in [2.24, 2.45) is 5.92 Å². The van der Waals surface area contributed by atoms with Gasteiger partial charge in [-0.05, 0) is 30.9 Å². The topological polar surface area (TPSA) is 90.9 Å². The predicted octanol–water partition coefficient (Wildman–Crippen LogP) is 0.838. The van der Waals surface area contributed by atoms with Gasteiger partial charge in [0, 0.05) is 6.54 Å². The molecule has 19 heavy (non-hydrogen) atoms. The molecule has 1 fully saturated rings. The summed E-state index contributed by atoms with van der Waals surface area (Å²) >= 11 is 0. The Kier molecular flexibility index (Phi) is 2.93. The van der Waals surface area contributed by atoms with Gasteiger partial charge >= 0.3 is 0 Å². The Morgan fingerprint density at radius 3 is 3.05 bits per heavy atom. The summed E-state index contributed by atoms with van der Waals surface area (Å²) in [6.45, 7) is 0.583. The van der Waals surface area contributed by atoms with E-state index in [9.17, 15) is 8.42 Å². The Hall–Kier alpha value is -1.63. The normalized spacial score (nSPS) is 22.6. The van der Waals surface area contributed by atoms with Crippen LogP contribution in [-0.4, -0.2) is 34.9 Å². The summed E-state index contributed by atoms with van der Waals surface area (Å²) in [5.74, 6) is 0.677. The summed E-state index contributed by atoms with van der Waals surface area (Å²) in [6, 6.07) is 5.55. The van der Waals surface area contributed by atoms with Crippen molar-refractivity contribution in [2.45, 2.75) is 19.4 Å². The van der Waals surface area contributed by atoms with Gasteiger partial charge in [0.2, 0.25) is 0 Å². The number of rotatable bonds is 2. The van der Waals surface area contributed by atoms with Crippen LogP contribution in [0.25, 0.3) is 11.0 Å². The molecule has 1 saturated heterocycles. The van der Waals surface area contributed by atoms with E-state index < -0.39 is 9.84 Å². The van der Waals surface area contributed by atoms with Crippen molar-refractivity contribution in [3.05, 3.63) is 18.2 Å². The van der Waals surface area contributed by atoms with Crippen LogP contribution >= 0.6 is 0 Å². The van der Waals surface area contributed by atoms with Gasteiger partial charge in [0.1, 0.15) is 5.52 Å². The number of fused-ring (bicyclic) bond motifs is 1. The average Bonchev–Trinajstić information content (AvgIpc) is 2.73. The summed E-state index contributed by atoms with van der Waals surface area (Å²) in [4.78, 5) is 0. The Morgan fingerprint density at radius 2 is 2.26 bits per heavy atom. The Bertz CT molecular complexity index is 708. The molecule has 2 heterocycles. The van der Waals surface area contributed by atoms with Gasteiger partial charge in [-0.15, -0.1) is 5.10 Å². The molecule has 0 saturated carbocycles. The molecule has 7 heteroatoms. The molecule has 1 aromatic carbocycles. The second kappa shape index (κ2) is 4.48. The summed E-state index contributed by atoms with van der Waals surface area (Å²) in [6.07, 6.45) is 1.66. The van der Waals surface area contributed by atoms with E-state index in [0.717, 1.165) is 18.4 Å². The van der Waals surface area contributed by atoms with Crippen molar-refractivity contribution in [3.8, 4) is 0 Å². The molecule has 0 radical (unpaired) electrons. The van der Waals surface area contributed by atoms with Gasteiger partial charge in [-0.3, -0.25) is 0 Å². The number of nitrogen functional groups attached to an aromatic ring is 1. The van der Waals surface area contributed by atoms with Crippen LogP contribution in [-0.2, 0) is 16.4 Å². The maximum absolute atomic E-state index is 11.6.